The lowest BCUT2D eigenvalue weighted by atomic mass is 9.83. The summed E-state index contributed by atoms with van der Waals surface area (Å²) in [5.74, 6) is -0.0800. The van der Waals surface area contributed by atoms with Crippen molar-refractivity contribution in [1.29, 1.82) is 0 Å². The van der Waals surface area contributed by atoms with Crippen molar-refractivity contribution in [3.63, 3.8) is 0 Å². The van der Waals surface area contributed by atoms with Crippen molar-refractivity contribution >= 4 is 5.97 Å². The van der Waals surface area contributed by atoms with E-state index in [0.29, 0.717) is 12.0 Å². The molecule has 1 fully saturated rings. The molecule has 1 aliphatic carbocycles. The highest BCUT2D eigenvalue weighted by molar-refractivity contribution is 5.75. The van der Waals surface area contributed by atoms with Crippen molar-refractivity contribution < 1.29 is 9.53 Å². The Labute approximate surface area is 112 Å². The molecule has 0 aromatic carbocycles. The molecule has 106 valence electrons. The fraction of sp³-hybridized carbons (Fsp3) is 0.933. The quantitative estimate of drug-likeness (QED) is 0.676. The van der Waals surface area contributed by atoms with Crippen LogP contribution in [0, 0.1) is 5.41 Å². The van der Waals surface area contributed by atoms with Gasteiger partial charge in [0.1, 0.15) is 6.04 Å². The molecule has 0 aromatic rings. The van der Waals surface area contributed by atoms with Crippen LogP contribution in [0.4, 0.5) is 0 Å². The van der Waals surface area contributed by atoms with E-state index in [1.165, 1.54) is 32.1 Å². The number of hydrogen-bond donors (Lipinski definition) is 1. The molecule has 0 radical (unpaired) electrons. The highest BCUT2D eigenvalue weighted by Gasteiger charge is 2.33. The summed E-state index contributed by atoms with van der Waals surface area (Å²) in [4.78, 5) is 11.8. The molecule has 0 aromatic heterocycles. The molecule has 0 saturated heterocycles. The minimum atomic E-state index is -0.112. The molecule has 3 nitrogen and oxygen atoms in total. The second-order valence-electron chi connectivity index (χ2n) is 5.53. The van der Waals surface area contributed by atoms with Crippen LogP contribution in [0.15, 0.2) is 0 Å². The Morgan fingerprint density at radius 3 is 2.44 bits per heavy atom. The summed E-state index contributed by atoms with van der Waals surface area (Å²) >= 11 is 0. The standard InChI is InChI=1S/C15H29NO2/c1-4-9-13(14(17)18-6-3)16-12-15(5-2)10-7-8-11-15/h13,16H,4-12H2,1-3H3. The van der Waals surface area contributed by atoms with Gasteiger partial charge in [0.05, 0.1) is 6.61 Å². The van der Waals surface area contributed by atoms with Crippen molar-refractivity contribution in [1.82, 2.24) is 5.32 Å². The van der Waals surface area contributed by atoms with E-state index in [-0.39, 0.29) is 12.0 Å². The first kappa shape index (κ1) is 15.5. The largest absolute Gasteiger partial charge is 0.465 e. The topological polar surface area (TPSA) is 38.3 Å². The third-order valence-corrected chi connectivity index (χ3v) is 4.29. The van der Waals surface area contributed by atoms with Gasteiger partial charge >= 0.3 is 5.97 Å². The van der Waals surface area contributed by atoms with Crippen molar-refractivity contribution in [2.24, 2.45) is 5.41 Å². The molecular weight excluding hydrogens is 226 g/mol. The third-order valence-electron chi connectivity index (χ3n) is 4.29. The molecule has 1 rings (SSSR count). The number of carbonyl (C=O) groups excluding carboxylic acids is 1. The van der Waals surface area contributed by atoms with E-state index in [0.717, 1.165) is 19.4 Å². The Kier molecular flexibility index (Phi) is 6.69. The number of hydrogen-bond acceptors (Lipinski definition) is 3. The van der Waals surface area contributed by atoms with Gasteiger partial charge in [-0.3, -0.25) is 4.79 Å². The van der Waals surface area contributed by atoms with E-state index in [1.54, 1.807) is 0 Å². The molecule has 1 aliphatic rings. The van der Waals surface area contributed by atoms with Gasteiger partial charge < -0.3 is 10.1 Å². The first-order valence-corrected chi connectivity index (χ1v) is 7.57. The van der Waals surface area contributed by atoms with Crippen LogP contribution < -0.4 is 5.32 Å². The molecule has 1 saturated carbocycles. The molecule has 1 atom stereocenters. The van der Waals surface area contributed by atoms with Gasteiger partial charge in [0.2, 0.25) is 0 Å². The second kappa shape index (κ2) is 7.78. The fourth-order valence-electron chi connectivity index (χ4n) is 2.95. The van der Waals surface area contributed by atoms with E-state index < -0.39 is 0 Å². The van der Waals surface area contributed by atoms with Gasteiger partial charge in [-0.1, -0.05) is 33.1 Å². The lowest BCUT2D eigenvalue weighted by molar-refractivity contribution is -0.146. The third kappa shape index (κ3) is 4.27. The molecule has 18 heavy (non-hydrogen) atoms. The van der Waals surface area contributed by atoms with Crippen LogP contribution in [0.2, 0.25) is 0 Å². The highest BCUT2D eigenvalue weighted by Crippen LogP contribution is 2.40. The summed E-state index contributed by atoms with van der Waals surface area (Å²) in [5.41, 5.74) is 0.429. The number of ether oxygens (including phenoxy) is 1. The van der Waals surface area contributed by atoms with Crippen LogP contribution in [0.1, 0.15) is 65.7 Å². The molecule has 0 heterocycles. The molecule has 0 aliphatic heterocycles. The first-order valence-electron chi connectivity index (χ1n) is 7.57. The molecule has 1 N–H and O–H groups in total. The highest BCUT2D eigenvalue weighted by atomic mass is 16.5. The van der Waals surface area contributed by atoms with Crippen molar-refractivity contribution in [2.75, 3.05) is 13.2 Å². The average molecular weight is 255 g/mol. The Balaban J connectivity index is 2.47. The predicted octanol–water partition coefficient (Wildman–Crippen LogP) is 3.28. The minimum Gasteiger partial charge on any atom is -0.465 e. The summed E-state index contributed by atoms with van der Waals surface area (Å²) in [6, 6.07) is -0.112. The maximum Gasteiger partial charge on any atom is 0.323 e. The lowest BCUT2D eigenvalue weighted by Gasteiger charge is -2.30. The number of esters is 1. The van der Waals surface area contributed by atoms with Gasteiger partial charge in [-0.2, -0.15) is 0 Å². The van der Waals surface area contributed by atoms with Crippen molar-refractivity contribution in [3.8, 4) is 0 Å². The molecule has 3 heteroatoms. The van der Waals surface area contributed by atoms with E-state index in [1.807, 2.05) is 6.92 Å². The predicted molar refractivity (Wildman–Crippen MR) is 74.5 cm³/mol. The maximum absolute atomic E-state index is 11.8. The summed E-state index contributed by atoms with van der Waals surface area (Å²) in [5, 5.41) is 3.46. The van der Waals surface area contributed by atoms with E-state index in [9.17, 15) is 4.79 Å². The molecule has 0 amide bonds. The number of carbonyl (C=O) groups is 1. The van der Waals surface area contributed by atoms with Gasteiger partial charge in [0, 0.05) is 6.54 Å². The molecule has 0 bridgehead atoms. The van der Waals surface area contributed by atoms with Crippen molar-refractivity contribution in [3.05, 3.63) is 0 Å². The minimum absolute atomic E-state index is 0.0800. The first-order chi connectivity index (χ1) is 8.67. The van der Waals surface area contributed by atoms with E-state index >= 15 is 0 Å². The van der Waals surface area contributed by atoms with Crippen LogP contribution in [0.5, 0.6) is 0 Å². The normalized spacial score (nSPS) is 19.7. The van der Waals surface area contributed by atoms with E-state index in [2.05, 4.69) is 19.2 Å². The Bertz CT molecular complexity index is 247. The number of rotatable bonds is 8. The fourth-order valence-corrected chi connectivity index (χ4v) is 2.95. The summed E-state index contributed by atoms with van der Waals surface area (Å²) in [7, 11) is 0. The average Bonchev–Trinajstić information content (AvgIpc) is 2.84. The molecule has 1 unspecified atom stereocenters. The zero-order chi connectivity index (χ0) is 13.4. The summed E-state index contributed by atoms with van der Waals surface area (Å²) in [6.07, 6.45) is 8.38. The zero-order valence-electron chi connectivity index (χ0n) is 12.3. The Morgan fingerprint density at radius 1 is 1.28 bits per heavy atom. The maximum atomic E-state index is 11.8. The van der Waals surface area contributed by atoms with Gasteiger partial charge in [-0.05, 0) is 38.0 Å². The van der Waals surface area contributed by atoms with Gasteiger partial charge in [0.25, 0.3) is 0 Å². The Morgan fingerprint density at radius 2 is 1.94 bits per heavy atom. The monoisotopic (exact) mass is 255 g/mol. The van der Waals surface area contributed by atoms with Crippen LogP contribution in [-0.2, 0) is 9.53 Å². The number of nitrogens with one attached hydrogen (secondary N) is 1. The SMILES string of the molecule is CCCC(NCC1(CC)CCCC1)C(=O)OCC. The zero-order valence-corrected chi connectivity index (χ0v) is 12.3. The van der Waals surface area contributed by atoms with Gasteiger partial charge in [-0.15, -0.1) is 0 Å². The Hall–Kier alpha value is -0.570. The van der Waals surface area contributed by atoms with Gasteiger partial charge in [-0.25, -0.2) is 0 Å². The van der Waals surface area contributed by atoms with Gasteiger partial charge in [0.15, 0.2) is 0 Å². The van der Waals surface area contributed by atoms with Crippen LogP contribution in [-0.4, -0.2) is 25.2 Å². The lowest BCUT2D eigenvalue weighted by Crippen LogP contribution is -2.43. The summed E-state index contributed by atoms with van der Waals surface area (Å²) < 4.78 is 5.14. The van der Waals surface area contributed by atoms with Crippen molar-refractivity contribution in [2.45, 2.75) is 71.8 Å². The van der Waals surface area contributed by atoms with Crippen LogP contribution in [0.25, 0.3) is 0 Å². The smallest absolute Gasteiger partial charge is 0.323 e. The van der Waals surface area contributed by atoms with Crippen LogP contribution >= 0.6 is 0 Å². The molecular formula is C15H29NO2. The van der Waals surface area contributed by atoms with E-state index in [4.69, 9.17) is 4.74 Å². The molecule has 0 spiro atoms. The summed E-state index contributed by atoms with van der Waals surface area (Å²) in [6.45, 7) is 7.68. The second-order valence-corrected chi connectivity index (χ2v) is 5.53. The van der Waals surface area contributed by atoms with Crippen LogP contribution in [0.3, 0.4) is 0 Å².